The van der Waals surface area contributed by atoms with Crippen LogP contribution in [0.4, 0.5) is 0 Å². The largest absolute Gasteiger partial charge is 0.0651 e. The Bertz CT molecular complexity index is 757. The molecular weight excluding hydrogens is 384 g/mol. The molecule has 0 heterocycles. The first kappa shape index (κ1) is 23.6. The lowest BCUT2D eigenvalue weighted by molar-refractivity contribution is 0.220. The van der Waals surface area contributed by atoms with E-state index in [1.807, 2.05) is 0 Å². The molecule has 2 aromatic rings. The average molecular weight is 431 g/mol. The summed E-state index contributed by atoms with van der Waals surface area (Å²) in [5.74, 6) is 4.52. The van der Waals surface area contributed by atoms with E-state index in [4.69, 9.17) is 0 Å². The Morgan fingerprint density at radius 1 is 0.688 bits per heavy atom. The first-order chi connectivity index (χ1) is 15.7. The van der Waals surface area contributed by atoms with E-state index in [2.05, 4.69) is 68.4 Å². The van der Waals surface area contributed by atoms with Gasteiger partial charge in [-0.1, -0.05) is 113 Å². The van der Waals surface area contributed by atoms with Crippen LogP contribution in [0.5, 0.6) is 0 Å². The number of hydrogen-bond acceptors (Lipinski definition) is 0. The van der Waals surface area contributed by atoms with E-state index in [1.54, 1.807) is 5.56 Å². The lowest BCUT2D eigenvalue weighted by Crippen LogP contribution is -2.18. The second kappa shape index (κ2) is 12.1. The van der Waals surface area contributed by atoms with Gasteiger partial charge < -0.3 is 0 Å². The van der Waals surface area contributed by atoms with E-state index in [-0.39, 0.29) is 0 Å². The molecule has 0 spiro atoms. The molecule has 2 saturated carbocycles. The van der Waals surface area contributed by atoms with Crippen LogP contribution in [0.3, 0.4) is 0 Å². The minimum atomic E-state index is 0.718. The Hall–Kier alpha value is -1.56. The summed E-state index contributed by atoms with van der Waals surface area (Å²) < 4.78 is 0. The Labute approximate surface area is 198 Å². The van der Waals surface area contributed by atoms with Crippen LogP contribution in [0.1, 0.15) is 119 Å². The zero-order valence-corrected chi connectivity index (χ0v) is 20.8. The molecule has 0 nitrogen and oxygen atoms in total. The van der Waals surface area contributed by atoms with Crippen molar-refractivity contribution in [3.05, 3.63) is 71.3 Å². The molecule has 1 atom stereocenters. The van der Waals surface area contributed by atoms with Gasteiger partial charge in [0.15, 0.2) is 0 Å². The van der Waals surface area contributed by atoms with E-state index in [1.165, 1.54) is 94.6 Å². The van der Waals surface area contributed by atoms with Crippen molar-refractivity contribution in [1.82, 2.24) is 0 Å². The van der Waals surface area contributed by atoms with Crippen LogP contribution in [0.15, 0.2) is 54.6 Å². The Balaban J connectivity index is 1.12. The quantitative estimate of drug-likeness (QED) is 0.371. The molecule has 32 heavy (non-hydrogen) atoms. The summed E-state index contributed by atoms with van der Waals surface area (Å²) >= 11 is 0. The minimum absolute atomic E-state index is 0.718. The molecule has 2 aliphatic carbocycles. The minimum Gasteiger partial charge on any atom is -0.0651 e. The van der Waals surface area contributed by atoms with Gasteiger partial charge in [-0.05, 0) is 84.8 Å². The molecule has 0 N–H and O–H groups in total. The summed E-state index contributed by atoms with van der Waals surface area (Å²) in [6.07, 6.45) is 18.6. The van der Waals surface area contributed by atoms with E-state index >= 15 is 0 Å². The molecule has 0 unspecified atom stereocenters. The third-order valence-electron chi connectivity index (χ3n) is 8.84. The highest BCUT2D eigenvalue weighted by atomic mass is 14.3. The van der Waals surface area contributed by atoms with Crippen LogP contribution < -0.4 is 0 Å². The topological polar surface area (TPSA) is 0 Å². The normalized spacial score (nSPS) is 27.2. The molecule has 2 aliphatic rings. The molecule has 0 aliphatic heterocycles. The summed E-state index contributed by atoms with van der Waals surface area (Å²) in [5.41, 5.74) is 4.64. The Morgan fingerprint density at radius 3 is 1.84 bits per heavy atom. The fraction of sp³-hybridized carbons (Fsp3) is 0.625. The first-order valence-electron chi connectivity index (χ1n) is 13.8. The third-order valence-corrected chi connectivity index (χ3v) is 8.84. The molecule has 0 saturated heterocycles. The van der Waals surface area contributed by atoms with Crippen molar-refractivity contribution in [2.45, 2.75) is 109 Å². The zero-order valence-electron chi connectivity index (χ0n) is 20.8. The van der Waals surface area contributed by atoms with E-state index < -0.39 is 0 Å². The smallest absolute Gasteiger partial charge is 0.0162 e. The highest BCUT2D eigenvalue weighted by Crippen LogP contribution is 2.41. The lowest BCUT2D eigenvalue weighted by Gasteiger charge is -2.33. The Morgan fingerprint density at radius 2 is 1.25 bits per heavy atom. The van der Waals surface area contributed by atoms with Gasteiger partial charge in [-0.15, -0.1) is 0 Å². The van der Waals surface area contributed by atoms with Gasteiger partial charge in [0.1, 0.15) is 0 Å². The monoisotopic (exact) mass is 430 g/mol. The van der Waals surface area contributed by atoms with Gasteiger partial charge in [0, 0.05) is 0 Å². The van der Waals surface area contributed by atoms with Crippen LogP contribution in [0.2, 0.25) is 0 Å². The summed E-state index contributed by atoms with van der Waals surface area (Å²) in [4.78, 5) is 0. The summed E-state index contributed by atoms with van der Waals surface area (Å²) in [6.45, 7) is 4.70. The molecule has 174 valence electrons. The Kier molecular flexibility index (Phi) is 8.89. The highest BCUT2D eigenvalue weighted by molar-refractivity contribution is 5.26. The van der Waals surface area contributed by atoms with Crippen LogP contribution in [-0.2, 0) is 6.42 Å². The zero-order chi connectivity index (χ0) is 22.2. The van der Waals surface area contributed by atoms with Crippen molar-refractivity contribution >= 4 is 0 Å². The summed E-state index contributed by atoms with van der Waals surface area (Å²) in [5, 5.41) is 0. The molecule has 4 rings (SSSR count). The standard InChI is InChI=1S/C32H46/c1-3-7-26-16-20-31(21-17-26)32-22-18-28(19-23-32)11-10-27-12-14-29(15-13-27)24-25(2)30-8-5-4-6-9-30/h4-6,8-9,16-17,20-21,25,27-29,32H,3,7,10-15,18-19,22-24H2,1-2H3/t25-,27?,28?,29?,32?/m1/s1. The lowest BCUT2D eigenvalue weighted by atomic mass is 9.73. The van der Waals surface area contributed by atoms with E-state index in [0.29, 0.717) is 0 Å². The maximum atomic E-state index is 2.43. The van der Waals surface area contributed by atoms with Gasteiger partial charge in [0.05, 0.1) is 0 Å². The molecular formula is C32H46. The second-order valence-corrected chi connectivity index (χ2v) is 11.2. The molecule has 0 aromatic heterocycles. The summed E-state index contributed by atoms with van der Waals surface area (Å²) in [7, 11) is 0. The maximum absolute atomic E-state index is 2.43. The third kappa shape index (κ3) is 6.72. The molecule has 2 aromatic carbocycles. The van der Waals surface area contributed by atoms with Crippen molar-refractivity contribution < 1.29 is 0 Å². The van der Waals surface area contributed by atoms with Crippen molar-refractivity contribution in [3.63, 3.8) is 0 Å². The van der Waals surface area contributed by atoms with Crippen molar-refractivity contribution in [2.24, 2.45) is 17.8 Å². The van der Waals surface area contributed by atoms with Gasteiger partial charge in [-0.25, -0.2) is 0 Å². The van der Waals surface area contributed by atoms with Crippen molar-refractivity contribution in [3.8, 4) is 0 Å². The summed E-state index contributed by atoms with van der Waals surface area (Å²) in [6, 6.07) is 20.8. The molecule has 0 radical (unpaired) electrons. The van der Waals surface area contributed by atoms with Gasteiger partial charge in [0.25, 0.3) is 0 Å². The van der Waals surface area contributed by atoms with Crippen LogP contribution >= 0.6 is 0 Å². The average Bonchev–Trinajstić information content (AvgIpc) is 2.85. The van der Waals surface area contributed by atoms with Crippen molar-refractivity contribution in [2.75, 3.05) is 0 Å². The van der Waals surface area contributed by atoms with Gasteiger partial charge in [0.2, 0.25) is 0 Å². The van der Waals surface area contributed by atoms with Crippen LogP contribution in [0, 0.1) is 17.8 Å². The molecule has 2 fully saturated rings. The van der Waals surface area contributed by atoms with Gasteiger partial charge >= 0.3 is 0 Å². The fourth-order valence-electron chi connectivity index (χ4n) is 6.67. The SMILES string of the molecule is CCCc1ccc(C2CCC(CCC3CCC(C[C@@H](C)c4ccccc4)CC3)CC2)cc1. The van der Waals surface area contributed by atoms with Gasteiger partial charge in [-0.2, -0.15) is 0 Å². The predicted molar refractivity (Wildman–Crippen MR) is 139 cm³/mol. The highest BCUT2D eigenvalue weighted by Gasteiger charge is 2.26. The van der Waals surface area contributed by atoms with Crippen LogP contribution in [0.25, 0.3) is 0 Å². The molecule has 0 heteroatoms. The van der Waals surface area contributed by atoms with Crippen LogP contribution in [-0.4, -0.2) is 0 Å². The maximum Gasteiger partial charge on any atom is -0.0162 e. The number of benzene rings is 2. The molecule has 0 bridgehead atoms. The van der Waals surface area contributed by atoms with E-state index in [9.17, 15) is 0 Å². The molecule has 0 amide bonds. The van der Waals surface area contributed by atoms with E-state index in [0.717, 1.165) is 29.6 Å². The second-order valence-electron chi connectivity index (χ2n) is 11.2. The first-order valence-corrected chi connectivity index (χ1v) is 13.8. The predicted octanol–water partition coefficient (Wildman–Crippen LogP) is 9.69. The fourth-order valence-corrected chi connectivity index (χ4v) is 6.67. The van der Waals surface area contributed by atoms with Crippen molar-refractivity contribution in [1.29, 1.82) is 0 Å². The number of hydrogen-bond donors (Lipinski definition) is 0. The number of aryl methyl sites for hydroxylation is 1. The van der Waals surface area contributed by atoms with Gasteiger partial charge in [-0.3, -0.25) is 0 Å². The number of rotatable bonds is 9.